The maximum absolute atomic E-state index is 6.18. The number of aryl methyl sites for hydroxylation is 2. The molecule has 2 heteroatoms. The van der Waals surface area contributed by atoms with Crippen molar-refractivity contribution in [3.63, 3.8) is 0 Å². The van der Waals surface area contributed by atoms with Gasteiger partial charge in [-0.1, -0.05) is 6.07 Å². The largest absolute Gasteiger partial charge is 0.490 e. The van der Waals surface area contributed by atoms with E-state index in [9.17, 15) is 0 Å². The van der Waals surface area contributed by atoms with Crippen molar-refractivity contribution >= 4 is 0 Å². The highest BCUT2D eigenvalue weighted by Gasteiger charge is 2.26. The molecule has 2 N–H and O–H groups in total. The summed E-state index contributed by atoms with van der Waals surface area (Å²) in [6.07, 6.45) is 1.14. The van der Waals surface area contributed by atoms with Crippen molar-refractivity contribution in [1.82, 2.24) is 0 Å². The predicted octanol–water partition coefficient (Wildman–Crippen LogP) is 2.78. The molecule has 0 amide bonds. The molecule has 82 valence electrons. The van der Waals surface area contributed by atoms with Gasteiger partial charge in [0.05, 0.1) is 6.10 Å². The maximum atomic E-state index is 6.18. The van der Waals surface area contributed by atoms with Gasteiger partial charge in [-0.2, -0.15) is 0 Å². The van der Waals surface area contributed by atoms with E-state index in [-0.39, 0.29) is 12.1 Å². The van der Waals surface area contributed by atoms with Crippen LogP contribution >= 0.6 is 0 Å². The summed E-state index contributed by atoms with van der Waals surface area (Å²) < 4.78 is 5.91. The molecule has 1 aliphatic heterocycles. The Hall–Kier alpha value is -1.02. The van der Waals surface area contributed by atoms with Crippen LogP contribution in [0.3, 0.4) is 0 Å². The quantitative estimate of drug-likeness (QED) is 0.707. The fourth-order valence-electron chi connectivity index (χ4n) is 2.41. The number of hydrogen-bond acceptors (Lipinski definition) is 2. The van der Waals surface area contributed by atoms with Crippen molar-refractivity contribution in [3.8, 4) is 5.75 Å². The lowest BCUT2D eigenvalue weighted by atomic mass is 9.90. The Morgan fingerprint density at radius 3 is 2.60 bits per heavy atom. The first kappa shape index (κ1) is 10.5. The van der Waals surface area contributed by atoms with Gasteiger partial charge in [0.2, 0.25) is 0 Å². The average Bonchev–Trinajstić information content (AvgIpc) is 2.12. The molecule has 0 aliphatic carbocycles. The average molecular weight is 205 g/mol. The summed E-state index contributed by atoms with van der Waals surface area (Å²) in [5.74, 6) is 1.03. The van der Waals surface area contributed by atoms with Crippen molar-refractivity contribution in [2.24, 2.45) is 5.73 Å². The van der Waals surface area contributed by atoms with Crippen LogP contribution in [0.5, 0.6) is 5.75 Å². The molecule has 2 atom stereocenters. The number of hydrogen-bond donors (Lipinski definition) is 1. The molecule has 2 rings (SSSR count). The third-order valence-electron chi connectivity index (χ3n) is 3.31. The highest BCUT2D eigenvalue weighted by atomic mass is 16.5. The molecular formula is C13H19NO. The molecule has 1 aliphatic rings. The zero-order valence-corrected chi connectivity index (χ0v) is 9.92. The predicted molar refractivity (Wildman–Crippen MR) is 62.3 cm³/mol. The minimum atomic E-state index is 0.128. The van der Waals surface area contributed by atoms with Gasteiger partial charge in [0.15, 0.2) is 0 Å². The van der Waals surface area contributed by atoms with E-state index in [1.165, 1.54) is 22.3 Å². The summed E-state index contributed by atoms with van der Waals surface area (Å²) in [4.78, 5) is 0. The number of nitrogens with two attached hydrogens (primary N) is 1. The molecular weight excluding hydrogens is 186 g/mol. The zero-order chi connectivity index (χ0) is 11.2. The van der Waals surface area contributed by atoms with E-state index in [4.69, 9.17) is 10.5 Å². The minimum Gasteiger partial charge on any atom is -0.490 e. The van der Waals surface area contributed by atoms with Crippen molar-refractivity contribution in [2.75, 3.05) is 0 Å². The molecule has 1 aromatic carbocycles. The Bertz CT molecular complexity index is 398. The lowest BCUT2D eigenvalue weighted by Crippen LogP contribution is -2.28. The summed E-state index contributed by atoms with van der Waals surface area (Å²) in [5.41, 5.74) is 11.2. The summed E-state index contributed by atoms with van der Waals surface area (Å²) in [7, 11) is 0. The monoisotopic (exact) mass is 205 g/mol. The highest BCUT2D eigenvalue weighted by Crippen LogP contribution is 2.39. The van der Waals surface area contributed by atoms with Crippen molar-refractivity contribution in [1.29, 1.82) is 0 Å². The summed E-state index contributed by atoms with van der Waals surface area (Å²) in [6.45, 7) is 8.43. The van der Waals surface area contributed by atoms with Gasteiger partial charge in [0.1, 0.15) is 5.75 Å². The van der Waals surface area contributed by atoms with E-state index in [1.54, 1.807) is 0 Å². The lowest BCUT2D eigenvalue weighted by molar-refractivity contribution is 0.175. The second-order valence-corrected chi connectivity index (χ2v) is 4.65. The molecule has 0 saturated heterocycles. The van der Waals surface area contributed by atoms with Crippen LogP contribution in [-0.2, 0) is 0 Å². The SMILES string of the molecule is Cc1cc(C)c2c(c1C)OC(C)CC2N. The molecule has 0 aromatic heterocycles. The maximum Gasteiger partial charge on any atom is 0.127 e. The second-order valence-electron chi connectivity index (χ2n) is 4.65. The molecule has 2 nitrogen and oxygen atoms in total. The van der Waals surface area contributed by atoms with Crippen LogP contribution in [0.15, 0.2) is 6.07 Å². The minimum absolute atomic E-state index is 0.128. The van der Waals surface area contributed by atoms with E-state index in [0.29, 0.717) is 0 Å². The van der Waals surface area contributed by atoms with Crippen LogP contribution in [0, 0.1) is 20.8 Å². The molecule has 0 radical (unpaired) electrons. The van der Waals surface area contributed by atoms with Crippen molar-refractivity contribution in [2.45, 2.75) is 46.3 Å². The Labute approximate surface area is 91.4 Å². The van der Waals surface area contributed by atoms with E-state index in [0.717, 1.165) is 12.2 Å². The van der Waals surface area contributed by atoms with Gasteiger partial charge in [-0.15, -0.1) is 0 Å². The first-order chi connectivity index (χ1) is 7.00. The van der Waals surface area contributed by atoms with Crippen LogP contribution in [-0.4, -0.2) is 6.10 Å². The Morgan fingerprint density at radius 1 is 1.27 bits per heavy atom. The first-order valence-corrected chi connectivity index (χ1v) is 5.53. The fraction of sp³-hybridized carbons (Fsp3) is 0.538. The van der Waals surface area contributed by atoms with Gasteiger partial charge in [0, 0.05) is 18.0 Å². The lowest BCUT2D eigenvalue weighted by Gasteiger charge is -2.31. The van der Waals surface area contributed by atoms with E-state index >= 15 is 0 Å². The highest BCUT2D eigenvalue weighted by molar-refractivity contribution is 5.52. The molecule has 0 fully saturated rings. The molecule has 2 unspecified atom stereocenters. The molecule has 0 bridgehead atoms. The van der Waals surface area contributed by atoms with Crippen molar-refractivity contribution < 1.29 is 4.74 Å². The molecule has 1 aromatic rings. The smallest absolute Gasteiger partial charge is 0.127 e. The molecule has 0 spiro atoms. The molecule has 0 saturated carbocycles. The third-order valence-corrected chi connectivity index (χ3v) is 3.31. The van der Waals surface area contributed by atoms with Gasteiger partial charge in [-0.3, -0.25) is 0 Å². The molecule has 15 heavy (non-hydrogen) atoms. The zero-order valence-electron chi connectivity index (χ0n) is 9.92. The summed E-state index contributed by atoms with van der Waals surface area (Å²) in [6, 6.07) is 2.33. The number of fused-ring (bicyclic) bond motifs is 1. The summed E-state index contributed by atoms with van der Waals surface area (Å²) >= 11 is 0. The normalized spacial score (nSPS) is 24.6. The third kappa shape index (κ3) is 1.63. The van der Waals surface area contributed by atoms with E-state index < -0.39 is 0 Å². The van der Waals surface area contributed by atoms with Crippen LogP contribution in [0.2, 0.25) is 0 Å². The van der Waals surface area contributed by atoms with Gasteiger partial charge in [-0.05, 0) is 44.4 Å². The second kappa shape index (κ2) is 3.53. The van der Waals surface area contributed by atoms with Crippen LogP contribution in [0.1, 0.15) is 41.6 Å². The summed E-state index contributed by atoms with van der Waals surface area (Å²) in [5, 5.41) is 0. The number of ether oxygens (including phenoxy) is 1. The van der Waals surface area contributed by atoms with E-state index in [1.807, 2.05) is 0 Å². The standard InChI is InChI=1S/C13H19NO/c1-7-5-8(2)12-11(14)6-9(3)15-13(12)10(7)4/h5,9,11H,6,14H2,1-4H3. The van der Waals surface area contributed by atoms with E-state index in [2.05, 4.69) is 33.8 Å². The Morgan fingerprint density at radius 2 is 1.93 bits per heavy atom. The number of benzene rings is 1. The topological polar surface area (TPSA) is 35.2 Å². The Balaban J connectivity index is 2.63. The van der Waals surface area contributed by atoms with Crippen LogP contribution < -0.4 is 10.5 Å². The van der Waals surface area contributed by atoms with Crippen LogP contribution in [0.25, 0.3) is 0 Å². The van der Waals surface area contributed by atoms with Gasteiger partial charge < -0.3 is 10.5 Å². The fourth-order valence-corrected chi connectivity index (χ4v) is 2.41. The first-order valence-electron chi connectivity index (χ1n) is 5.53. The Kier molecular flexibility index (Phi) is 2.47. The van der Waals surface area contributed by atoms with Gasteiger partial charge in [0.25, 0.3) is 0 Å². The van der Waals surface area contributed by atoms with Crippen molar-refractivity contribution in [3.05, 3.63) is 28.3 Å². The molecule has 1 heterocycles. The van der Waals surface area contributed by atoms with Crippen LogP contribution in [0.4, 0.5) is 0 Å². The van der Waals surface area contributed by atoms with Gasteiger partial charge >= 0.3 is 0 Å². The number of rotatable bonds is 0. The van der Waals surface area contributed by atoms with Gasteiger partial charge in [-0.25, -0.2) is 0 Å².